The number of hydrogen-bond donors (Lipinski definition) is 5. The topological polar surface area (TPSA) is 189 Å². The summed E-state index contributed by atoms with van der Waals surface area (Å²) in [5, 5.41) is 20.7. The van der Waals surface area contributed by atoms with Crippen molar-refractivity contribution in [1.29, 1.82) is 0 Å². The smallest absolute Gasteiger partial charge is 0.260 e. The second-order valence-corrected chi connectivity index (χ2v) is 16.2. The van der Waals surface area contributed by atoms with Crippen LogP contribution in [0.3, 0.4) is 0 Å². The van der Waals surface area contributed by atoms with Crippen LogP contribution in [0.4, 0.5) is 28.4 Å². The van der Waals surface area contributed by atoms with Gasteiger partial charge in [-0.3, -0.25) is 19.4 Å². The van der Waals surface area contributed by atoms with Gasteiger partial charge in [-0.05, 0) is 85.0 Å². The molecule has 0 bridgehead atoms. The van der Waals surface area contributed by atoms with Gasteiger partial charge in [0.25, 0.3) is 5.91 Å². The molecule has 1 unspecified atom stereocenters. The lowest BCUT2D eigenvalue weighted by atomic mass is 10.1. The van der Waals surface area contributed by atoms with Gasteiger partial charge in [-0.1, -0.05) is 36.4 Å². The number of aliphatic hydroxyl groups is 1. The van der Waals surface area contributed by atoms with Gasteiger partial charge in [0, 0.05) is 53.9 Å². The molecule has 0 radical (unpaired) electrons. The van der Waals surface area contributed by atoms with Crippen LogP contribution in [0, 0.1) is 0 Å². The Hall–Kier alpha value is -7.10. The lowest BCUT2D eigenvalue weighted by molar-refractivity contribution is -0.126. The Morgan fingerprint density at radius 3 is 2.19 bits per heavy atom. The minimum Gasteiger partial charge on any atom is -0.493 e. The van der Waals surface area contributed by atoms with E-state index < -0.39 is 30.1 Å². The Balaban J connectivity index is 0.976. The van der Waals surface area contributed by atoms with Gasteiger partial charge in [0.15, 0.2) is 29.2 Å². The molecule has 0 saturated heterocycles. The van der Waals surface area contributed by atoms with E-state index >= 15 is 0 Å². The molecule has 0 spiro atoms. The molecular weight excluding hydrogens is 803 g/mol. The number of nitrogens with two attached hydrogens (primary N) is 1. The van der Waals surface area contributed by atoms with Gasteiger partial charge in [0.05, 0.1) is 49.3 Å². The summed E-state index contributed by atoms with van der Waals surface area (Å²) in [6.45, 7) is 3.77. The fourth-order valence-electron chi connectivity index (χ4n) is 8.74. The van der Waals surface area contributed by atoms with E-state index in [9.17, 15) is 19.5 Å². The molecule has 5 atom stereocenters. The van der Waals surface area contributed by atoms with E-state index in [2.05, 4.69) is 28.1 Å². The first kappa shape index (κ1) is 41.3. The summed E-state index contributed by atoms with van der Waals surface area (Å²) in [7, 11) is 3.07. The number of fused-ring (bicyclic) bond motifs is 8. The number of ether oxygens (including phenoxy) is 4. The first-order valence-electron chi connectivity index (χ1n) is 20.9. The van der Waals surface area contributed by atoms with Crippen molar-refractivity contribution in [3.05, 3.63) is 124 Å². The molecular formula is C48H49N7O8. The monoisotopic (exact) mass is 851 g/mol. The number of nitrogens with one attached hydrogen (secondary N) is 3. The van der Waals surface area contributed by atoms with Crippen LogP contribution < -0.4 is 50.4 Å². The van der Waals surface area contributed by atoms with Gasteiger partial charge in [-0.2, -0.15) is 0 Å². The van der Waals surface area contributed by atoms with Crippen LogP contribution in [0.1, 0.15) is 58.3 Å². The molecule has 3 amide bonds. The molecule has 63 heavy (non-hydrogen) atoms. The molecule has 0 aromatic heterocycles. The zero-order valence-corrected chi connectivity index (χ0v) is 35.4. The number of para-hydroxylation sites is 2. The molecule has 9 rings (SSSR count). The molecule has 0 saturated carbocycles. The third-order valence-corrected chi connectivity index (χ3v) is 11.9. The predicted molar refractivity (Wildman–Crippen MR) is 240 cm³/mol. The SMILES string of the molecule is COc1cc2c(cc1OCc1cc(COc3cc4c(cc3OC)C(=O)N3c5ccccc5C[C@H]3CN4)cc(NC(=O)[C@H](C)NC(=O)[C@H](C)N)c1)N=C[C@@H]1Cc3ccccc3N1C2O. The molecule has 15 heteroatoms. The molecule has 5 aromatic rings. The van der Waals surface area contributed by atoms with Gasteiger partial charge in [0.1, 0.15) is 19.3 Å². The summed E-state index contributed by atoms with van der Waals surface area (Å²) in [6.07, 6.45) is 2.37. The lowest BCUT2D eigenvalue weighted by Crippen LogP contribution is -2.47. The van der Waals surface area contributed by atoms with Crippen molar-refractivity contribution in [2.24, 2.45) is 10.7 Å². The van der Waals surface area contributed by atoms with E-state index in [4.69, 9.17) is 29.7 Å². The largest absolute Gasteiger partial charge is 0.493 e. The van der Waals surface area contributed by atoms with Crippen LogP contribution in [0.15, 0.2) is 96.0 Å². The fourth-order valence-corrected chi connectivity index (χ4v) is 8.74. The van der Waals surface area contributed by atoms with E-state index in [-0.39, 0.29) is 31.2 Å². The van der Waals surface area contributed by atoms with Gasteiger partial charge in [0.2, 0.25) is 11.8 Å². The number of aliphatic hydroxyl groups excluding tert-OH is 1. The summed E-state index contributed by atoms with van der Waals surface area (Å²) in [6, 6.07) is 26.6. The maximum atomic E-state index is 14.0. The molecule has 6 N–H and O–H groups in total. The average Bonchev–Trinajstić information content (AvgIpc) is 3.78. The van der Waals surface area contributed by atoms with Crippen molar-refractivity contribution in [2.75, 3.05) is 41.2 Å². The van der Waals surface area contributed by atoms with Crippen molar-refractivity contribution in [1.82, 2.24) is 5.32 Å². The number of anilines is 4. The number of carbonyl (C=O) groups excluding carboxylic acids is 3. The molecule has 15 nitrogen and oxygen atoms in total. The van der Waals surface area contributed by atoms with Crippen LogP contribution in [0.5, 0.6) is 23.0 Å². The Morgan fingerprint density at radius 2 is 1.49 bits per heavy atom. The highest BCUT2D eigenvalue weighted by Gasteiger charge is 2.39. The fraction of sp³-hybridized carbons (Fsp3) is 0.292. The van der Waals surface area contributed by atoms with Crippen molar-refractivity contribution in [3.8, 4) is 23.0 Å². The Kier molecular flexibility index (Phi) is 11.1. The van der Waals surface area contributed by atoms with Crippen LogP contribution in [-0.4, -0.2) is 74.0 Å². The standard InChI is InChI=1S/C48H49N7O8/c1-26(49)45(56)52-27(2)46(57)53-32-14-28(24-62-43-20-37-35(18-41(43)60-3)47(58)54-33(22-50-37)16-30-9-5-7-11-39(30)54)13-29(15-32)25-63-44-21-38-36(19-42(44)61-4)48(59)55-34(23-51-38)17-31-10-6-8-12-40(31)55/h5-15,18-22,26-27,33-34,47,51,58H,16-17,23-25,49H2,1-4H3,(H,52,56)(H,53,57)/t26-,27-,33-,34-,47?/m0/s1. The highest BCUT2D eigenvalue weighted by atomic mass is 16.5. The summed E-state index contributed by atoms with van der Waals surface area (Å²) in [4.78, 5) is 48.3. The number of carbonyl (C=O) groups is 3. The maximum absolute atomic E-state index is 14.0. The second kappa shape index (κ2) is 17.0. The molecule has 0 fully saturated rings. The summed E-state index contributed by atoms with van der Waals surface area (Å²) in [5.74, 6) is 0.591. The average molecular weight is 852 g/mol. The number of methoxy groups -OCH3 is 2. The van der Waals surface area contributed by atoms with Crippen LogP contribution in [-0.2, 0) is 35.6 Å². The lowest BCUT2D eigenvalue weighted by Gasteiger charge is -2.29. The number of benzene rings is 5. The number of nitrogens with zero attached hydrogens (tertiary/aromatic N) is 3. The van der Waals surface area contributed by atoms with Crippen LogP contribution in [0.25, 0.3) is 0 Å². The van der Waals surface area contributed by atoms with E-state index in [1.807, 2.05) is 58.5 Å². The van der Waals surface area contributed by atoms with Crippen molar-refractivity contribution >= 4 is 52.4 Å². The van der Waals surface area contributed by atoms with E-state index in [1.54, 1.807) is 50.2 Å². The molecule has 4 aliphatic rings. The zero-order chi connectivity index (χ0) is 43.9. The molecule has 0 aliphatic carbocycles. The Morgan fingerprint density at radius 1 is 0.841 bits per heavy atom. The maximum Gasteiger partial charge on any atom is 0.260 e. The number of amides is 3. The van der Waals surface area contributed by atoms with Gasteiger partial charge >= 0.3 is 0 Å². The summed E-state index contributed by atoms with van der Waals surface area (Å²) in [5.41, 5.74) is 13.9. The Bertz CT molecular complexity index is 2650. The Labute approximate surface area is 364 Å². The molecule has 4 aliphatic heterocycles. The van der Waals surface area contributed by atoms with Crippen molar-refractivity contribution in [2.45, 2.75) is 70.3 Å². The normalized spacial score (nSPS) is 18.8. The molecule has 5 aromatic carbocycles. The zero-order valence-electron chi connectivity index (χ0n) is 35.4. The third-order valence-electron chi connectivity index (χ3n) is 11.9. The highest BCUT2D eigenvalue weighted by molar-refractivity contribution is 6.12. The minimum atomic E-state index is -0.966. The highest BCUT2D eigenvalue weighted by Crippen LogP contribution is 2.46. The van der Waals surface area contributed by atoms with E-state index in [0.717, 1.165) is 35.3 Å². The summed E-state index contributed by atoms with van der Waals surface area (Å²) < 4.78 is 24.3. The first-order valence-corrected chi connectivity index (χ1v) is 20.9. The number of hydrogen-bond acceptors (Lipinski definition) is 12. The quantitative estimate of drug-likeness (QED) is 0.102. The third kappa shape index (κ3) is 7.96. The first-order chi connectivity index (χ1) is 30.5. The molecule has 4 heterocycles. The number of rotatable bonds is 12. The van der Waals surface area contributed by atoms with Crippen LogP contribution in [0.2, 0.25) is 0 Å². The van der Waals surface area contributed by atoms with E-state index in [0.29, 0.717) is 68.9 Å². The van der Waals surface area contributed by atoms with Gasteiger partial charge in [-0.15, -0.1) is 0 Å². The second-order valence-electron chi connectivity index (χ2n) is 16.2. The number of aliphatic imine (C=N–C) groups is 1. The van der Waals surface area contributed by atoms with Crippen LogP contribution >= 0.6 is 0 Å². The summed E-state index contributed by atoms with van der Waals surface area (Å²) >= 11 is 0. The van der Waals surface area contributed by atoms with Crippen molar-refractivity contribution < 1.29 is 38.4 Å². The van der Waals surface area contributed by atoms with Crippen molar-refractivity contribution in [3.63, 3.8) is 0 Å². The molecule has 324 valence electrons. The van der Waals surface area contributed by atoms with Gasteiger partial charge in [-0.25, -0.2) is 0 Å². The predicted octanol–water partition coefficient (Wildman–Crippen LogP) is 5.79. The van der Waals surface area contributed by atoms with Gasteiger partial charge < -0.3 is 55.5 Å². The minimum absolute atomic E-state index is 0.0352. The van der Waals surface area contributed by atoms with E-state index in [1.165, 1.54) is 14.2 Å².